The quantitative estimate of drug-likeness (QED) is 0.801. The number of nitrogens with one attached hydrogen (secondary N) is 2. The van der Waals surface area contributed by atoms with Crippen LogP contribution in [0, 0.1) is 5.82 Å². The van der Waals surface area contributed by atoms with Crippen LogP contribution in [0.4, 0.5) is 29.1 Å². The van der Waals surface area contributed by atoms with Crippen LogP contribution < -0.4 is 10.0 Å². The Morgan fingerprint density at radius 2 is 1.88 bits per heavy atom. The molecule has 2 N–H and O–H groups in total. The Balaban J connectivity index is 2.09. The predicted octanol–water partition coefficient (Wildman–Crippen LogP) is 3.22. The molecule has 0 amide bonds. The van der Waals surface area contributed by atoms with Crippen molar-refractivity contribution in [1.29, 1.82) is 0 Å². The highest BCUT2D eigenvalue weighted by Crippen LogP contribution is 2.28. The third-order valence-corrected chi connectivity index (χ3v) is 3.43. The fraction of sp³-hybridized carbons (Fsp3) is 0.214. The summed E-state index contributed by atoms with van der Waals surface area (Å²) in [5.41, 5.74) is -0.837. The third kappa shape index (κ3) is 5.08. The lowest BCUT2D eigenvalue weighted by molar-refractivity contribution is -0.141. The molecule has 0 aliphatic rings. The highest BCUT2D eigenvalue weighted by atomic mass is 32.2. The summed E-state index contributed by atoms with van der Waals surface area (Å²) in [5.74, 6) is -0.805. The highest BCUT2D eigenvalue weighted by Gasteiger charge is 2.32. The second-order valence-corrected chi connectivity index (χ2v) is 6.70. The molecule has 5 nitrogen and oxygen atoms in total. The van der Waals surface area contributed by atoms with Gasteiger partial charge in [-0.05, 0) is 29.8 Å². The van der Waals surface area contributed by atoms with Crippen molar-refractivity contribution in [3.63, 3.8) is 0 Å². The molecule has 0 fully saturated rings. The van der Waals surface area contributed by atoms with Crippen LogP contribution in [0.15, 0.2) is 36.4 Å². The molecule has 0 unspecified atom stereocenters. The topological polar surface area (TPSA) is 71.1 Å². The van der Waals surface area contributed by atoms with Gasteiger partial charge in [0.05, 0.1) is 11.9 Å². The molecule has 130 valence electrons. The average Bonchev–Trinajstić information content (AvgIpc) is 2.46. The summed E-state index contributed by atoms with van der Waals surface area (Å²) in [7, 11) is -3.61. The van der Waals surface area contributed by atoms with Gasteiger partial charge in [-0.1, -0.05) is 12.1 Å². The first-order valence-electron chi connectivity index (χ1n) is 6.59. The molecule has 1 heterocycles. The van der Waals surface area contributed by atoms with Crippen molar-refractivity contribution >= 4 is 21.5 Å². The molecular formula is C14H13F4N3O2S. The van der Waals surface area contributed by atoms with Crippen LogP contribution in [0.5, 0.6) is 0 Å². The van der Waals surface area contributed by atoms with Gasteiger partial charge in [0.25, 0.3) is 0 Å². The fourth-order valence-electron chi connectivity index (χ4n) is 1.83. The van der Waals surface area contributed by atoms with Crippen molar-refractivity contribution in [3.8, 4) is 0 Å². The molecule has 0 saturated carbocycles. The SMILES string of the molecule is CS(=O)(=O)Nc1ccc(CNc2cccc(C(F)(F)F)n2)cc1F. The zero-order chi connectivity index (χ0) is 18.0. The minimum absolute atomic E-state index is 0.0106. The molecular weight excluding hydrogens is 350 g/mol. The van der Waals surface area contributed by atoms with E-state index >= 15 is 0 Å². The van der Waals surface area contributed by atoms with Gasteiger partial charge in [-0.15, -0.1) is 0 Å². The Labute approximate surface area is 135 Å². The predicted molar refractivity (Wildman–Crippen MR) is 81.4 cm³/mol. The summed E-state index contributed by atoms with van der Waals surface area (Å²) in [6.07, 6.45) is -3.66. The van der Waals surface area contributed by atoms with Gasteiger partial charge in [0, 0.05) is 6.54 Å². The van der Waals surface area contributed by atoms with Crippen molar-refractivity contribution in [2.24, 2.45) is 0 Å². The first kappa shape index (κ1) is 18.0. The van der Waals surface area contributed by atoms with E-state index in [0.29, 0.717) is 5.56 Å². The maximum atomic E-state index is 13.8. The van der Waals surface area contributed by atoms with Crippen molar-refractivity contribution in [2.45, 2.75) is 12.7 Å². The second kappa shape index (κ2) is 6.63. The van der Waals surface area contributed by atoms with E-state index in [4.69, 9.17) is 0 Å². The van der Waals surface area contributed by atoms with Crippen molar-refractivity contribution < 1.29 is 26.0 Å². The van der Waals surface area contributed by atoms with Gasteiger partial charge >= 0.3 is 6.18 Å². The molecule has 0 aliphatic carbocycles. The smallest absolute Gasteiger partial charge is 0.366 e. The molecule has 24 heavy (non-hydrogen) atoms. The van der Waals surface area contributed by atoms with Gasteiger partial charge in [-0.2, -0.15) is 13.2 Å². The Kier molecular flexibility index (Phi) is 4.97. The first-order chi connectivity index (χ1) is 11.0. The Morgan fingerprint density at radius 3 is 2.46 bits per heavy atom. The fourth-order valence-corrected chi connectivity index (χ4v) is 2.40. The molecule has 0 spiro atoms. The summed E-state index contributed by atoms with van der Waals surface area (Å²) in [6, 6.07) is 7.15. The standard InChI is InChI=1S/C14H13F4N3O2S/c1-24(22,23)21-11-6-5-9(7-10(11)15)8-19-13-4-2-3-12(20-13)14(16,17)18/h2-7,21H,8H2,1H3,(H,19,20). The number of alkyl halides is 3. The van der Waals surface area contributed by atoms with Crippen molar-refractivity contribution in [3.05, 3.63) is 53.5 Å². The second-order valence-electron chi connectivity index (χ2n) is 4.95. The number of benzene rings is 1. The van der Waals surface area contributed by atoms with E-state index in [-0.39, 0.29) is 18.1 Å². The molecule has 1 aromatic heterocycles. The van der Waals surface area contributed by atoms with E-state index in [1.807, 2.05) is 4.72 Å². The number of aromatic nitrogens is 1. The van der Waals surface area contributed by atoms with Gasteiger partial charge in [-0.3, -0.25) is 4.72 Å². The van der Waals surface area contributed by atoms with Gasteiger partial charge in [-0.25, -0.2) is 17.8 Å². The van der Waals surface area contributed by atoms with Gasteiger partial charge in [0.2, 0.25) is 10.0 Å². The first-order valence-corrected chi connectivity index (χ1v) is 8.48. The Bertz CT molecular complexity index is 838. The average molecular weight is 363 g/mol. The minimum Gasteiger partial charge on any atom is -0.366 e. The van der Waals surface area contributed by atoms with Gasteiger partial charge < -0.3 is 5.32 Å². The van der Waals surface area contributed by atoms with Crippen LogP contribution in [0.3, 0.4) is 0 Å². The number of hydrogen-bond acceptors (Lipinski definition) is 4. The van der Waals surface area contributed by atoms with Crippen molar-refractivity contribution in [2.75, 3.05) is 16.3 Å². The lowest BCUT2D eigenvalue weighted by Crippen LogP contribution is -2.12. The monoisotopic (exact) mass is 363 g/mol. The molecule has 0 bridgehead atoms. The normalized spacial score (nSPS) is 12.0. The van der Waals surface area contributed by atoms with Crippen LogP contribution in [0.25, 0.3) is 0 Å². The van der Waals surface area contributed by atoms with E-state index in [2.05, 4.69) is 10.3 Å². The lowest BCUT2D eigenvalue weighted by Gasteiger charge is -2.11. The summed E-state index contributed by atoms with van der Waals surface area (Å²) in [6.45, 7) is 0.0182. The summed E-state index contributed by atoms with van der Waals surface area (Å²) >= 11 is 0. The highest BCUT2D eigenvalue weighted by molar-refractivity contribution is 7.92. The van der Waals surface area contributed by atoms with E-state index in [0.717, 1.165) is 18.4 Å². The molecule has 0 saturated heterocycles. The van der Waals surface area contributed by atoms with Crippen LogP contribution >= 0.6 is 0 Å². The van der Waals surface area contributed by atoms with Gasteiger partial charge in [0.1, 0.15) is 17.3 Å². The van der Waals surface area contributed by atoms with Crippen LogP contribution in [0.2, 0.25) is 0 Å². The number of pyridine rings is 1. The van der Waals surface area contributed by atoms with E-state index in [1.165, 1.54) is 24.3 Å². The molecule has 0 atom stereocenters. The Morgan fingerprint density at radius 1 is 1.17 bits per heavy atom. The largest absolute Gasteiger partial charge is 0.433 e. The number of hydrogen-bond donors (Lipinski definition) is 2. The molecule has 10 heteroatoms. The minimum atomic E-state index is -4.55. The van der Waals surface area contributed by atoms with E-state index < -0.39 is 27.7 Å². The summed E-state index contributed by atoms with van der Waals surface area (Å²) in [5, 5.41) is 2.65. The number of rotatable bonds is 5. The summed E-state index contributed by atoms with van der Waals surface area (Å²) < 4.78 is 75.7. The van der Waals surface area contributed by atoms with Crippen molar-refractivity contribution in [1.82, 2.24) is 4.98 Å². The molecule has 0 aliphatic heterocycles. The van der Waals surface area contributed by atoms with E-state index in [1.54, 1.807) is 0 Å². The molecule has 0 radical (unpaired) electrons. The third-order valence-electron chi connectivity index (χ3n) is 2.84. The number of sulfonamides is 1. The Hall–Kier alpha value is -2.36. The summed E-state index contributed by atoms with van der Waals surface area (Å²) in [4.78, 5) is 3.43. The zero-order valence-electron chi connectivity index (χ0n) is 12.4. The van der Waals surface area contributed by atoms with Gasteiger partial charge in [0.15, 0.2) is 0 Å². The van der Waals surface area contributed by atoms with Crippen LogP contribution in [-0.2, 0) is 22.7 Å². The maximum absolute atomic E-state index is 13.8. The number of anilines is 2. The maximum Gasteiger partial charge on any atom is 0.433 e. The molecule has 1 aromatic carbocycles. The van der Waals surface area contributed by atoms with Crippen LogP contribution in [-0.4, -0.2) is 19.7 Å². The molecule has 2 rings (SSSR count). The number of halogens is 4. The zero-order valence-corrected chi connectivity index (χ0v) is 13.2. The molecule has 2 aromatic rings. The van der Waals surface area contributed by atoms with Crippen LogP contribution in [0.1, 0.15) is 11.3 Å². The lowest BCUT2D eigenvalue weighted by atomic mass is 10.2. The number of nitrogens with zero attached hydrogens (tertiary/aromatic N) is 1. The van der Waals surface area contributed by atoms with E-state index in [9.17, 15) is 26.0 Å².